The maximum atomic E-state index is 14.8. The van der Waals surface area contributed by atoms with Gasteiger partial charge in [0.15, 0.2) is 17.4 Å². The van der Waals surface area contributed by atoms with Crippen molar-refractivity contribution in [2.75, 3.05) is 56.9 Å². The molecule has 2 amide bonds. The minimum Gasteiger partial charge on any atom is -0.488 e. The number of amidine groups is 1. The highest BCUT2D eigenvalue weighted by molar-refractivity contribution is 6.13. The fourth-order valence-electron chi connectivity index (χ4n) is 7.02. The second kappa shape index (κ2) is 15.0. The molecule has 0 unspecified atom stereocenters. The summed E-state index contributed by atoms with van der Waals surface area (Å²) in [7, 11) is 1.65. The first kappa shape index (κ1) is 36.3. The molecule has 272 valence electrons. The molecule has 4 heterocycles. The van der Waals surface area contributed by atoms with Crippen LogP contribution in [-0.4, -0.2) is 96.9 Å². The number of halogens is 2. The molecule has 1 aromatic heterocycles. The van der Waals surface area contributed by atoms with Gasteiger partial charge in [0, 0.05) is 38.8 Å². The number of nitrogens with one attached hydrogen (secondary N) is 3. The zero-order valence-corrected chi connectivity index (χ0v) is 29.5. The number of ether oxygens (including phenoxy) is 1. The van der Waals surface area contributed by atoms with E-state index in [2.05, 4.69) is 15.3 Å². The van der Waals surface area contributed by atoms with E-state index < -0.39 is 17.0 Å². The molecule has 3 aromatic rings. The third kappa shape index (κ3) is 7.42. The number of anilines is 2. The number of pyridine rings is 1. The van der Waals surface area contributed by atoms with Crippen LogP contribution >= 0.6 is 0 Å². The summed E-state index contributed by atoms with van der Waals surface area (Å²) < 4.78 is 35.0. The van der Waals surface area contributed by atoms with E-state index in [0.29, 0.717) is 63.4 Å². The number of nitrogen functional groups attached to an aromatic ring is 1. The monoisotopic (exact) mass is 711 g/mol. The van der Waals surface area contributed by atoms with Crippen molar-refractivity contribution >= 4 is 46.8 Å². The fraction of sp³-hybridized carbons (Fsp3) is 0.368. The van der Waals surface area contributed by atoms with E-state index in [9.17, 15) is 18.4 Å². The van der Waals surface area contributed by atoms with Gasteiger partial charge in [-0.05, 0) is 93.3 Å². The molecule has 52 heavy (non-hydrogen) atoms. The summed E-state index contributed by atoms with van der Waals surface area (Å²) in [5, 5.41) is 19.4. The maximum Gasteiger partial charge on any atom is 0.237 e. The topological polar surface area (TPSA) is 164 Å². The van der Waals surface area contributed by atoms with Gasteiger partial charge in [-0.1, -0.05) is 12.1 Å². The van der Waals surface area contributed by atoms with Crippen LogP contribution in [0.4, 0.5) is 20.3 Å². The van der Waals surface area contributed by atoms with Crippen LogP contribution in [0.2, 0.25) is 0 Å². The lowest BCUT2D eigenvalue weighted by atomic mass is 9.85. The third-order valence-electron chi connectivity index (χ3n) is 9.79. The standard InChI is InChI=1S/C38H43F2N9O3/c1-23(2)52-31-8-5-26(19-29(31)40)34(42)35-30(41)7-9-32(46-35)49-17-13-38(37(49)51)12-16-47(21-38)20-33(50)48-14-10-24(11-15-48)25-4-6-27(28(39)18-25)36(43)45-22-44-3/h4-10,18-19,22-23,42H,11-17,20-21,41H2,1-3H3,(H2,43,44,45)/t38-/m0/s1. The highest BCUT2D eigenvalue weighted by Crippen LogP contribution is 2.42. The van der Waals surface area contributed by atoms with E-state index >= 15 is 0 Å². The van der Waals surface area contributed by atoms with Crippen LogP contribution in [-0.2, 0) is 9.59 Å². The van der Waals surface area contributed by atoms with Gasteiger partial charge in [-0.2, -0.15) is 0 Å². The Morgan fingerprint density at radius 2 is 1.88 bits per heavy atom. The van der Waals surface area contributed by atoms with E-state index in [1.165, 1.54) is 24.5 Å². The number of benzene rings is 2. The predicted octanol–water partition coefficient (Wildman–Crippen LogP) is 4.46. The van der Waals surface area contributed by atoms with Gasteiger partial charge < -0.3 is 20.7 Å². The Balaban J connectivity index is 1.06. The van der Waals surface area contributed by atoms with Crippen molar-refractivity contribution in [3.05, 3.63) is 88.6 Å². The number of amides is 2. The number of aliphatic imine (C=N–C) groups is 1. The highest BCUT2D eigenvalue weighted by atomic mass is 19.1. The second-order valence-electron chi connectivity index (χ2n) is 13.7. The Bertz CT molecular complexity index is 1980. The Kier molecular flexibility index (Phi) is 10.5. The van der Waals surface area contributed by atoms with Crippen molar-refractivity contribution < 1.29 is 23.1 Å². The van der Waals surface area contributed by atoms with E-state index in [-0.39, 0.29) is 64.3 Å². The summed E-state index contributed by atoms with van der Waals surface area (Å²) in [4.78, 5) is 41.2. The minimum absolute atomic E-state index is 0.0318. The van der Waals surface area contributed by atoms with Crippen molar-refractivity contribution in [3.63, 3.8) is 0 Å². The Morgan fingerprint density at radius 3 is 2.58 bits per heavy atom. The molecule has 2 fully saturated rings. The summed E-state index contributed by atoms with van der Waals surface area (Å²) in [6, 6.07) is 12.3. The predicted molar refractivity (Wildman–Crippen MR) is 197 cm³/mol. The lowest BCUT2D eigenvalue weighted by molar-refractivity contribution is -0.132. The number of aromatic nitrogens is 1. The van der Waals surface area contributed by atoms with Crippen LogP contribution in [0.15, 0.2) is 59.6 Å². The fourth-order valence-corrected chi connectivity index (χ4v) is 7.02. The molecule has 5 N–H and O–H groups in total. The second-order valence-corrected chi connectivity index (χ2v) is 13.7. The number of hydrogen-bond acceptors (Lipinski definition) is 8. The summed E-state index contributed by atoms with van der Waals surface area (Å²) >= 11 is 0. The summed E-state index contributed by atoms with van der Waals surface area (Å²) in [6.45, 7) is 6.16. The van der Waals surface area contributed by atoms with E-state index in [4.69, 9.17) is 21.3 Å². The highest BCUT2D eigenvalue weighted by Gasteiger charge is 2.51. The first-order chi connectivity index (χ1) is 24.9. The number of nitrogens with two attached hydrogens (primary N) is 1. The van der Waals surface area contributed by atoms with Gasteiger partial charge in [0.25, 0.3) is 0 Å². The quantitative estimate of drug-likeness (QED) is 0.178. The molecule has 12 nitrogen and oxygen atoms in total. The summed E-state index contributed by atoms with van der Waals surface area (Å²) in [5.41, 5.74) is 7.92. The molecule has 1 atom stereocenters. The van der Waals surface area contributed by atoms with Crippen molar-refractivity contribution in [2.45, 2.75) is 39.2 Å². The van der Waals surface area contributed by atoms with Crippen molar-refractivity contribution in [1.29, 1.82) is 10.8 Å². The van der Waals surface area contributed by atoms with E-state index in [0.717, 1.165) is 5.57 Å². The molecule has 0 bridgehead atoms. The first-order valence-electron chi connectivity index (χ1n) is 17.3. The van der Waals surface area contributed by atoms with Crippen molar-refractivity contribution in [2.24, 2.45) is 10.4 Å². The van der Waals surface area contributed by atoms with Gasteiger partial charge in [0.2, 0.25) is 11.8 Å². The van der Waals surface area contributed by atoms with Crippen LogP contribution in [0.3, 0.4) is 0 Å². The van der Waals surface area contributed by atoms with Crippen molar-refractivity contribution in [1.82, 2.24) is 20.1 Å². The number of carbonyl (C=O) groups excluding carboxylic acids is 2. The summed E-state index contributed by atoms with van der Waals surface area (Å²) in [6.07, 6.45) is 4.84. The van der Waals surface area contributed by atoms with Gasteiger partial charge in [0.1, 0.15) is 17.3 Å². The molecule has 0 radical (unpaired) electrons. The maximum absolute atomic E-state index is 14.8. The molecular formula is C38H43F2N9O3. The Hall–Kier alpha value is -5.50. The largest absolute Gasteiger partial charge is 0.488 e. The van der Waals surface area contributed by atoms with Crippen LogP contribution in [0.25, 0.3) is 5.57 Å². The lowest BCUT2D eigenvalue weighted by Gasteiger charge is -2.29. The van der Waals surface area contributed by atoms with Crippen LogP contribution in [0, 0.1) is 27.9 Å². The number of hydrogen-bond donors (Lipinski definition) is 4. The van der Waals surface area contributed by atoms with Crippen LogP contribution < -0.4 is 20.7 Å². The first-order valence-corrected chi connectivity index (χ1v) is 17.3. The Labute approximate surface area is 301 Å². The zero-order chi connectivity index (χ0) is 37.2. The van der Waals surface area contributed by atoms with Crippen molar-refractivity contribution in [3.8, 4) is 5.75 Å². The molecule has 2 aromatic carbocycles. The zero-order valence-electron chi connectivity index (χ0n) is 29.5. The molecule has 6 rings (SSSR count). The molecule has 3 aliphatic rings. The molecule has 3 aliphatic heterocycles. The van der Waals surface area contributed by atoms with E-state index in [1.54, 1.807) is 61.0 Å². The van der Waals surface area contributed by atoms with Gasteiger partial charge in [-0.3, -0.25) is 30.2 Å². The average Bonchev–Trinajstić information content (AvgIpc) is 3.69. The minimum atomic E-state index is -0.647. The van der Waals surface area contributed by atoms with Gasteiger partial charge in [0.05, 0.1) is 41.4 Å². The molecule has 1 spiro atoms. The normalized spacial score (nSPS) is 19.2. The van der Waals surface area contributed by atoms with E-state index in [1.807, 2.05) is 11.0 Å². The van der Waals surface area contributed by atoms with Gasteiger partial charge in [-0.15, -0.1) is 0 Å². The molecule has 2 saturated heterocycles. The Morgan fingerprint density at radius 1 is 1.10 bits per heavy atom. The average molecular weight is 712 g/mol. The SMILES string of the molecule is CN/C=N\C(=N)c1ccc(C2=CCN(C(=O)CN3CC[C@]4(CCN(c5ccc(N)c(C(=N)c6ccc(OC(C)C)c(F)c6)n5)C4=O)C3)CC2)cc1F. The number of rotatable bonds is 10. The number of likely N-dealkylation sites (tertiary alicyclic amines) is 1. The third-order valence-corrected chi connectivity index (χ3v) is 9.79. The summed E-state index contributed by atoms with van der Waals surface area (Å²) in [5.74, 6) is -0.944. The molecule has 0 saturated carbocycles. The number of carbonyl (C=O) groups is 2. The molecule has 14 heteroatoms. The number of nitrogens with zero attached hydrogens (tertiary/aromatic N) is 5. The molecule has 0 aliphatic carbocycles. The van der Waals surface area contributed by atoms with Crippen LogP contribution in [0.5, 0.6) is 5.75 Å². The van der Waals surface area contributed by atoms with Crippen LogP contribution in [0.1, 0.15) is 55.5 Å². The van der Waals surface area contributed by atoms with Gasteiger partial charge >= 0.3 is 0 Å². The lowest BCUT2D eigenvalue weighted by Crippen LogP contribution is -2.43. The molecular weight excluding hydrogens is 668 g/mol. The van der Waals surface area contributed by atoms with Gasteiger partial charge in [-0.25, -0.2) is 18.8 Å². The smallest absolute Gasteiger partial charge is 0.237 e.